The predicted molar refractivity (Wildman–Crippen MR) is 436 cm³/mol. The van der Waals surface area contributed by atoms with Gasteiger partial charge in [-0.2, -0.15) is 9.97 Å². The lowest BCUT2D eigenvalue weighted by molar-refractivity contribution is 0.953. The van der Waals surface area contributed by atoms with Crippen molar-refractivity contribution in [1.29, 1.82) is 0 Å². The second kappa shape index (κ2) is 25.3. The maximum atomic E-state index is 5.61. The first-order valence-corrected chi connectivity index (χ1v) is 36.3. The summed E-state index contributed by atoms with van der Waals surface area (Å²) in [5, 5.41) is 7.04. The lowest BCUT2D eigenvalue weighted by atomic mass is 9.87. The summed E-state index contributed by atoms with van der Waals surface area (Å²) in [6.07, 6.45) is 1.55. The van der Waals surface area contributed by atoms with Gasteiger partial charge >= 0.3 is 0 Å². The van der Waals surface area contributed by atoms with Crippen LogP contribution in [0.25, 0.3) is 196 Å². The van der Waals surface area contributed by atoms with Crippen LogP contribution in [0.2, 0.25) is 0 Å². The summed E-state index contributed by atoms with van der Waals surface area (Å²) < 4.78 is 7.13. The van der Waals surface area contributed by atoms with Crippen molar-refractivity contribution in [3.8, 4) is 130 Å². The highest BCUT2D eigenvalue weighted by Gasteiger charge is 2.28. The molecule has 10 heteroatoms. The second-order valence-electron chi connectivity index (χ2n) is 27.6. The summed E-state index contributed by atoms with van der Waals surface area (Å²) in [4.78, 5) is 38.5. The van der Waals surface area contributed by atoms with Gasteiger partial charge in [0, 0.05) is 88.2 Å². The van der Waals surface area contributed by atoms with E-state index in [4.69, 9.17) is 34.9 Å². The molecule has 10 nitrogen and oxygen atoms in total. The smallest absolute Gasteiger partial charge is 0.238 e. The molecule has 0 fully saturated rings. The van der Waals surface area contributed by atoms with Gasteiger partial charge in [-0.15, -0.1) is 0 Å². The van der Waals surface area contributed by atoms with E-state index in [0.29, 0.717) is 29.2 Å². The zero-order valence-corrected chi connectivity index (χ0v) is 57.9. The molecule has 14 aromatic carbocycles. The van der Waals surface area contributed by atoms with Gasteiger partial charge in [-0.25, -0.2) is 24.9 Å². The van der Waals surface area contributed by atoms with E-state index in [-0.39, 0.29) is 0 Å². The zero-order chi connectivity index (χ0) is 70.5. The minimum atomic E-state index is 0.504. The average Bonchev–Trinajstić information content (AvgIpc) is 1.55. The molecule has 6 aromatic heterocycles. The van der Waals surface area contributed by atoms with Gasteiger partial charge in [-0.1, -0.05) is 267 Å². The number of aromatic nitrogens is 10. The molecule has 0 atom stereocenters. The summed E-state index contributed by atoms with van der Waals surface area (Å²) in [6, 6.07) is 125. The molecule has 0 radical (unpaired) electrons. The number of para-hydroxylation sites is 4. The van der Waals surface area contributed by atoms with Crippen molar-refractivity contribution in [2.45, 2.75) is 12.8 Å². The van der Waals surface area contributed by atoms with Gasteiger partial charge in [0.15, 0.2) is 23.3 Å². The molecule has 0 amide bonds. The van der Waals surface area contributed by atoms with Crippen molar-refractivity contribution in [1.82, 2.24) is 48.6 Å². The van der Waals surface area contributed by atoms with Gasteiger partial charge in [0.2, 0.25) is 5.95 Å². The number of hydrogen-bond acceptors (Lipinski definition) is 7. The quantitative estimate of drug-likeness (QED) is 0.113. The van der Waals surface area contributed by atoms with E-state index in [1.807, 2.05) is 60.7 Å². The van der Waals surface area contributed by atoms with Crippen LogP contribution in [0.1, 0.15) is 11.1 Å². The van der Waals surface area contributed by atoms with Crippen molar-refractivity contribution >= 4 is 65.4 Å². The van der Waals surface area contributed by atoms with Crippen LogP contribution in [-0.2, 0) is 12.8 Å². The Kier molecular flexibility index (Phi) is 14.5. The lowest BCUT2D eigenvalue weighted by Crippen LogP contribution is -2.06. The Morgan fingerprint density at radius 3 is 0.785 bits per heavy atom. The molecule has 6 heterocycles. The molecule has 0 saturated heterocycles. The largest absolute Gasteiger partial charge is 0.309 e. The number of nitrogens with zero attached hydrogens (tertiary/aromatic N) is 10. The number of fused-ring (bicyclic) bond motifs is 6. The second-order valence-corrected chi connectivity index (χ2v) is 27.6. The zero-order valence-electron chi connectivity index (χ0n) is 57.9. The Balaban J connectivity index is 0.844. The number of aryl methyl sites for hydroxylation is 2. The third kappa shape index (κ3) is 10.7. The number of hydrogen-bond donors (Lipinski definition) is 0. The lowest BCUT2D eigenvalue weighted by Gasteiger charge is -2.18. The van der Waals surface area contributed by atoms with Crippen molar-refractivity contribution in [3.05, 3.63) is 363 Å². The minimum absolute atomic E-state index is 0.504. The van der Waals surface area contributed by atoms with Crippen LogP contribution in [0.3, 0.4) is 0 Å². The van der Waals surface area contributed by atoms with Gasteiger partial charge in [-0.05, 0) is 131 Å². The molecular formula is C97H62N10. The first-order valence-electron chi connectivity index (χ1n) is 36.3. The molecular weight excluding hydrogens is 1310 g/mol. The summed E-state index contributed by atoms with van der Waals surface area (Å²) in [6.45, 7) is 0. The fourth-order valence-electron chi connectivity index (χ4n) is 16.2. The topological polar surface area (TPSA) is 105 Å². The van der Waals surface area contributed by atoms with E-state index in [9.17, 15) is 0 Å². The highest BCUT2D eigenvalue weighted by Crippen LogP contribution is 2.47. The van der Waals surface area contributed by atoms with E-state index < -0.39 is 0 Å². The van der Waals surface area contributed by atoms with Crippen molar-refractivity contribution in [3.63, 3.8) is 0 Å². The van der Waals surface area contributed by atoms with Crippen LogP contribution in [0.4, 0.5) is 0 Å². The van der Waals surface area contributed by atoms with Crippen LogP contribution < -0.4 is 0 Å². The van der Waals surface area contributed by atoms with E-state index in [2.05, 4.69) is 305 Å². The molecule has 1 aliphatic carbocycles. The molecule has 0 N–H and O–H groups in total. The first kappa shape index (κ1) is 61.3. The van der Waals surface area contributed by atoms with Gasteiger partial charge in [-0.3, -0.25) is 4.57 Å². The van der Waals surface area contributed by atoms with Crippen molar-refractivity contribution in [2.24, 2.45) is 0 Å². The Labute approximate surface area is 616 Å². The van der Waals surface area contributed by atoms with Crippen molar-refractivity contribution < 1.29 is 0 Å². The number of benzene rings is 14. The molecule has 20 aromatic rings. The van der Waals surface area contributed by atoms with E-state index in [0.717, 1.165) is 147 Å². The summed E-state index contributed by atoms with van der Waals surface area (Å²) in [5.74, 6) is 2.88. The van der Waals surface area contributed by atoms with E-state index in [1.54, 1.807) is 0 Å². The molecule has 0 bridgehead atoms. The number of rotatable bonds is 13. The van der Waals surface area contributed by atoms with E-state index in [1.165, 1.54) is 43.4 Å². The first-order chi connectivity index (χ1) is 53.0. The Bertz CT molecular complexity index is 6280. The van der Waals surface area contributed by atoms with Crippen LogP contribution in [0.15, 0.2) is 352 Å². The van der Waals surface area contributed by atoms with Crippen LogP contribution in [0, 0.1) is 0 Å². The normalized spacial score (nSPS) is 12.0. The van der Waals surface area contributed by atoms with Crippen LogP contribution in [0.5, 0.6) is 0 Å². The fraction of sp³-hybridized carbons (Fsp3) is 0.0206. The Morgan fingerprint density at radius 1 is 0.187 bits per heavy atom. The van der Waals surface area contributed by atoms with Gasteiger partial charge < -0.3 is 9.13 Å². The molecule has 0 spiro atoms. The molecule has 500 valence electrons. The Morgan fingerprint density at radius 2 is 0.458 bits per heavy atom. The molecule has 21 rings (SSSR count). The fourth-order valence-corrected chi connectivity index (χ4v) is 16.2. The molecule has 0 unspecified atom stereocenters. The van der Waals surface area contributed by atoms with Gasteiger partial charge in [0.25, 0.3) is 0 Å². The molecule has 1 aliphatic rings. The van der Waals surface area contributed by atoms with Crippen LogP contribution in [-0.4, -0.2) is 48.6 Å². The highest BCUT2D eigenvalue weighted by molar-refractivity contribution is 6.16. The molecule has 0 saturated carbocycles. The predicted octanol–water partition coefficient (Wildman–Crippen LogP) is 23.5. The van der Waals surface area contributed by atoms with Crippen LogP contribution >= 0.6 is 0 Å². The third-order valence-corrected chi connectivity index (χ3v) is 21.1. The summed E-state index contributed by atoms with van der Waals surface area (Å²) in [5.41, 5.74) is 25.8. The van der Waals surface area contributed by atoms with Gasteiger partial charge in [0.1, 0.15) is 0 Å². The van der Waals surface area contributed by atoms with Crippen molar-refractivity contribution in [2.75, 3.05) is 0 Å². The third-order valence-electron chi connectivity index (χ3n) is 21.1. The van der Waals surface area contributed by atoms with Gasteiger partial charge in [0.05, 0.1) is 55.9 Å². The van der Waals surface area contributed by atoms with E-state index >= 15 is 0 Å². The summed E-state index contributed by atoms with van der Waals surface area (Å²) >= 11 is 0. The SMILES string of the molecule is c1ccc(-c2cc(-c3ccccc3)nc(-c3cc(-c4cc5c6c7c(cc(-c8cc(-c9nc(-c%10ccccc%10)cc(-c%10ccccc%10)n9)cc(-n9c%10ccccc%10c%10ccccc%109)c8)cc7n(-c7nc(-c8ccccc8)nc(-c8ccccc8)n7)c6c4)CC5)cc(-n4c5ccccc5c5ccccc54)c3)n2)cc1. The average molecular weight is 1370 g/mol. The molecule has 0 aliphatic heterocycles. The monoisotopic (exact) mass is 1370 g/mol. The Hall–Kier alpha value is -14.4. The maximum absolute atomic E-state index is 5.61. The standard InChI is InChI=1S/C97H62N10/c1-7-27-61(28-8-1)81-59-82(62-29-9-2-10-30-62)99-95(98-81)73-51-69(53-75(55-73)105-85-43-23-19-39-77(85)78-40-20-24-44-86(78)105)71-49-67-47-48-68-50-72(58-90-92(68)91(67)89(57-71)107(90)97-103-93(65-35-15-5-16-36-65)102-94(104-97)66-37-17-6-18-38-66)70-52-74(56-76(54-70)106-87-45-25-21-41-79(87)80-42-22-26-46-88(80)106)96-100-83(63-31-11-3-12-32-63)60-84(101-96)64-33-13-4-14-34-64/h1-46,49-60H,47-48H2. The minimum Gasteiger partial charge on any atom is -0.309 e. The summed E-state index contributed by atoms with van der Waals surface area (Å²) in [7, 11) is 0. The maximum Gasteiger partial charge on any atom is 0.238 e. The molecule has 107 heavy (non-hydrogen) atoms. The highest BCUT2D eigenvalue weighted by atomic mass is 15.2.